The number of nitrogens with one attached hydrogen (secondary N) is 1. The summed E-state index contributed by atoms with van der Waals surface area (Å²) in [5.41, 5.74) is 6.68. The second kappa shape index (κ2) is 5.58. The second-order valence-corrected chi connectivity index (χ2v) is 5.47. The Bertz CT molecular complexity index is 619. The van der Waals surface area contributed by atoms with Crippen LogP contribution in [0.4, 0.5) is 5.69 Å². The van der Waals surface area contributed by atoms with Crippen molar-refractivity contribution in [3.63, 3.8) is 0 Å². The first-order valence-electron chi connectivity index (χ1n) is 7.26. The van der Waals surface area contributed by atoms with Crippen LogP contribution in [-0.2, 0) is 12.8 Å². The van der Waals surface area contributed by atoms with E-state index in [0.717, 1.165) is 18.7 Å². The highest BCUT2D eigenvalue weighted by Gasteiger charge is 2.14. The molecule has 2 heteroatoms. The number of hydrogen-bond donors (Lipinski definition) is 1. The molecule has 0 fully saturated rings. The molecule has 0 atom stereocenters. The molecule has 0 spiro atoms. The summed E-state index contributed by atoms with van der Waals surface area (Å²) in [7, 11) is 1.74. The first kappa shape index (κ1) is 13.0. The van der Waals surface area contributed by atoms with Crippen molar-refractivity contribution in [3.05, 3.63) is 58.7 Å². The fraction of sp³-hybridized carbons (Fsp3) is 0.333. The van der Waals surface area contributed by atoms with Crippen LogP contribution in [0, 0.1) is 6.92 Å². The normalized spacial score (nSPS) is 13.5. The zero-order valence-corrected chi connectivity index (χ0v) is 12.2. The molecular weight excluding hydrogens is 246 g/mol. The number of rotatable bonds is 3. The summed E-state index contributed by atoms with van der Waals surface area (Å²) in [6.45, 7) is 3.20. The van der Waals surface area contributed by atoms with Gasteiger partial charge in [-0.3, -0.25) is 0 Å². The van der Waals surface area contributed by atoms with Gasteiger partial charge in [-0.2, -0.15) is 0 Å². The minimum Gasteiger partial charge on any atom is -0.496 e. The Kier molecular flexibility index (Phi) is 3.64. The number of para-hydroxylation sites is 1. The Balaban J connectivity index is 1.97. The van der Waals surface area contributed by atoms with Crippen LogP contribution in [0.1, 0.15) is 28.7 Å². The first-order valence-corrected chi connectivity index (χ1v) is 7.26. The van der Waals surface area contributed by atoms with Crippen LogP contribution < -0.4 is 10.1 Å². The lowest BCUT2D eigenvalue weighted by molar-refractivity contribution is 0.410. The summed E-state index contributed by atoms with van der Waals surface area (Å²) < 4.78 is 5.50. The van der Waals surface area contributed by atoms with E-state index >= 15 is 0 Å². The van der Waals surface area contributed by atoms with E-state index in [9.17, 15) is 0 Å². The molecule has 0 bridgehead atoms. The molecule has 2 aromatic carbocycles. The molecule has 1 N–H and O–H groups in total. The maximum absolute atomic E-state index is 5.50. The monoisotopic (exact) mass is 267 g/mol. The van der Waals surface area contributed by atoms with Crippen LogP contribution >= 0.6 is 0 Å². The molecule has 0 radical (unpaired) electrons. The van der Waals surface area contributed by atoms with Crippen LogP contribution in [0.3, 0.4) is 0 Å². The number of hydrogen-bond acceptors (Lipinski definition) is 2. The van der Waals surface area contributed by atoms with Crippen molar-refractivity contribution in [1.82, 2.24) is 0 Å². The summed E-state index contributed by atoms with van der Waals surface area (Å²) in [6, 6.07) is 13.0. The van der Waals surface area contributed by atoms with Gasteiger partial charge in [0.25, 0.3) is 0 Å². The molecule has 0 amide bonds. The Morgan fingerprint density at radius 3 is 2.90 bits per heavy atom. The standard InChI is InChI=1S/C18H21NO/c1-13-8-9-17(20-2)16(11-13)12-15-6-3-5-14-7-4-10-19-18(14)15/h3,5-6,8-9,11,19H,4,7,10,12H2,1-2H3. The minimum atomic E-state index is 0.918. The van der Waals surface area contributed by atoms with Crippen molar-refractivity contribution in [1.29, 1.82) is 0 Å². The Labute approximate surface area is 120 Å². The molecule has 0 saturated carbocycles. The molecule has 0 aromatic heterocycles. The molecule has 0 saturated heterocycles. The Morgan fingerprint density at radius 2 is 2.05 bits per heavy atom. The summed E-state index contributed by atoms with van der Waals surface area (Å²) in [6.07, 6.45) is 3.33. The number of anilines is 1. The average Bonchev–Trinajstić information content (AvgIpc) is 2.48. The molecule has 3 rings (SSSR count). The van der Waals surface area contributed by atoms with Crippen molar-refractivity contribution in [2.45, 2.75) is 26.2 Å². The molecule has 104 valence electrons. The van der Waals surface area contributed by atoms with E-state index in [1.807, 2.05) is 0 Å². The van der Waals surface area contributed by atoms with Crippen molar-refractivity contribution in [2.24, 2.45) is 0 Å². The first-order chi connectivity index (χ1) is 9.78. The van der Waals surface area contributed by atoms with Gasteiger partial charge in [0.05, 0.1) is 7.11 Å². The van der Waals surface area contributed by atoms with Crippen molar-refractivity contribution < 1.29 is 4.74 Å². The second-order valence-electron chi connectivity index (χ2n) is 5.47. The van der Waals surface area contributed by atoms with Crippen LogP contribution in [0.15, 0.2) is 36.4 Å². The van der Waals surface area contributed by atoms with Crippen LogP contribution in [0.5, 0.6) is 5.75 Å². The van der Waals surface area contributed by atoms with E-state index in [0.29, 0.717) is 0 Å². The highest BCUT2D eigenvalue weighted by molar-refractivity contribution is 5.61. The quantitative estimate of drug-likeness (QED) is 0.909. The smallest absolute Gasteiger partial charge is 0.122 e. The third-order valence-electron chi connectivity index (χ3n) is 3.98. The van der Waals surface area contributed by atoms with Crippen LogP contribution in [-0.4, -0.2) is 13.7 Å². The van der Waals surface area contributed by atoms with Gasteiger partial charge in [0.1, 0.15) is 5.75 Å². The van der Waals surface area contributed by atoms with Crippen LogP contribution in [0.2, 0.25) is 0 Å². The van der Waals surface area contributed by atoms with E-state index in [1.54, 1.807) is 7.11 Å². The minimum absolute atomic E-state index is 0.918. The van der Waals surface area contributed by atoms with Gasteiger partial charge in [0.15, 0.2) is 0 Å². The molecule has 0 unspecified atom stereocenters. The molecule has 1 aliphatic rings. The predicted molar refractivity (Wildman–Crippen MR) is 83.8 cm³/mol. The van der Waals surface area contributed by atoms with Crippen molar-refractivity contribution in [2.75, 3.05) is 19.0 Å². The largest absolute Gasteiger partial charge is 0.496 e. The zero-order valence-electron chi connectivity index (χ0n) is 12.2. The predicted octanol–water partition coefficient (Wildman–Crippen LogP) is 3.95. The van der Waals surface area contributed by atoms with Crippen molar-refractivity contribution >= 4 is 5.69 Å². The van der Waals surface area contributed by atoms with E-state index in [1.165, 1.54) is 40.8 Å². The highest BCUT2D eigenvalue weighted by Crippen LogP contribution is 2.30. The van der Waals surface area contributed by atoms with Gasteiger partial charge in [0.2, 0.25) is 0 Å². The van der Waals surface area contributed by atoms with Gasteiger partial charge >= 0.3 is 0 Å². The molecular formula is C18H21NO. The lowest BCUT2D eigenvalue weighted by Gasteiger charge is -2.21. The molecule has 2 aromatic rings. The third kappa shape index (κ3) is 2.51. The lowest BCUT2D eigenvalue weighted by atomic mass is 9.95. The summed E-state index contributed by atoms with van der Waals surface area (Å²) in [5.74, 6) is 0.976. The lowest BCUT2D eigenvalue weighted by Crippen LogP contribution is -2.13. The SMILES string of the molecule is COc1ccc(C)cc1Cc1cccc2c1NCCC2. The highest BCUT2D eigenvalue weighted by atomic mass is 16.5. The Hall–Kier alpha value is -1.96. The Morgan fingerprint density at radius 1 is 1.15 bits per heavy atom. The van der Waals surface area contributed by atoms with Gasteiger partial charge in [-0.15, -0.1) is 0 Å². The molecule has 1 heterocycles. The summed E-state index contributed by atoms with van der Waals surface area (Å²) in [5, 5.41) is 3.56. The van der Waals surface area contributed by atoms with Gasteiger partial charge in [0, 0.05) is 18.7 Å². The molecule has 1 aliphatic heterocycles. The fourth-order valence-corrected chi connectivity index (χ4v) is 2.98. The van der Waals surface area contributed by atoms with Crippen molar-refractivity contribution in [3.8, 4) is 5.75 Å². The number of benzene rings is 2. The zero-order chi connectivity index (χ0) is 13.9. The van der Waals surface area contributed by atoms with Gasteiger partial charge in [-0.1, -0.05) is 35.9 Å². The average molecular weight is 267 g/mol. The van der Waals surface area contributed by atoms with Gasteiger partial charge in [-0.05, 0) is 42.5 Å². The van der Waals surface area contributed by atoms with Crippen LogP contribution in [0.25, 0.3) is 0 Å². The van der Waals surface area contributed by atoms with E-state index in [2.05, 4.69) is 48.6 Å². The number of ether oxygens (including phenoxy) is 1. The summed E-state index contributed by atoms with van der Waals surface area (Å²) >= 11 is 0. The number of methoxy groups -OCH3 is 1. The fourth-order valence-electron chi connectivity index (χ4n) is 2.98. The molecule has 0 aliphatic carbocycles. The van der Waals surface area contributed by atoms with E-state index in [-0.39, 0.29) is 0 Å². The third-order valence-corrected chi connectivity index (χ3v) is 3.98. The van der Waals surface area contributed by atoms with E-state index in [4.69, 9.17) is 4.74 Å². The van der Waals surface area contributed by atoms with Gasteiger partial charge < -0.3 is 10.1 Å². The number of fused-ring (bicyclic) bond motifs is 1. The maximum Gasteiger partial charge on any atom is 0.122 e. The topological polar surface area (TPSA) is 21.3 Å². The molecule has 20 heavy (non-hydrogen) atoms. The maximum atomic E-state index is 5.50. The van der Waals surface area contributed by atoms with Gasteiger partial charge in [-0.25, -0.2) is 0 Å². The number of aryl methyl sites for hydroxylation is 2. The van der Waals surface area contributed by atoms with E-state index < -0.39 is 0 Å². The molecule has 2 nitrogen and oxygen atoms in total. The summed E-state index contributed by atoms with van der Waals surface area (Å²) in [4.78, 5) is 0.